The number of hydrogen-bond donors (Lipinski definition) is 2. The number of methoxy groups -OCH3 is 2. The molecular formula is C20H26N2O9S3. The van der Waals surface area contributed by atoms with Gasteiger partial charge in [0.1, 0.15) is 11.5 Å². The van der Waals surface area contributed by atoms with E-state index in [1.807, 2.05) is 0 Å². The molecule has 1 heterocycles. The van der Waals surface area contributed by atoms with Crippen LogP contribution in [0.15, 0.2) is 58.3 Å². The molecule has 0 aliphatic carbocycles. The number of nitrogens with zero attached hydrogens (tertiary/aromatic N) is 1. The van der Waals surface area contributed by atoms with Crippen molar-refractivity contribution < 1.29 is 39.8 Å². The van der Waals surface area contributed by atoms with Crippen LogP contribution < -0.4 is 14.2 Å². The molecule has 0 spiro atoms. The maximum Gasteiger partial charge on any atom is 0.243 e. The molecular weight excluding hydrogens is 508 g/mol. The molecule has 1 fully saturated rings. The topological polar surface area (TPSA) is 156 Å². The highest BCUT2D eigenvalue weighted by atomic mass is 32.2. The first-order valence-electron chi connectivity index (χ1n) is 10.1. The molecule has 34 heavy (non-hydrogen) atoms. The minimum absolute atomic E-state index is 0.0543. The molecule has 0 saturated carbocycles. The van der Waals surface area contributed by atoms with Gasteiger partial charge in [0.25, 0.3) is 0 Å². The summed E-state index contributed by atoms with van der Waals surface area (Å²) in [5, 5.41) is 10.3. The second-order valence-corrected chi connectivity index (χ2v) is 13.4. The lowest BCUT2D eigenvalue weighted by Gasteiger charge is -2.29. The fourth-order valence-electron chi connectivity index (χ4n) is 3.56. The van der Waals surface area contributed by atoms with Crippen LogP contribution in [0.5, 0.6) is 11.5 Å². The van der Waals surface area contributed by atoms with Crippen LogP contribution in [0.4, 0.5) is 0 Å². The van der Waals surface area contributed by atoms with E-state index in [1.165, 1.54) is 62.8 Å². The Kier molecular flexibility index (Phi) is 7.89. The van der Waals surface area contributed by atoms with Crippen LogP contribution in [-0.4, -0.2) is 85.6 Å². The fourth-order valence-corrected chi connectivity index (χ4v) is 8.13. The summed E-state index contributed by atoms with van der Waals surface area (Å²) in [4.78, 5) is -0.204. The lowest BCUT2D eigenvalue weighted by Crippen LogP contribution is -2.49. The van der Waals surface area contributed by atoms with Crippen molar-refractivity contribution in [3.63, 3.8) is 0 Å². The number of benzene rings is 2. The molecule has 0 radical (unpaired) electrons. The van der Waals surface area contributed by atoms with Gasteiger partial charge in [0.05, 0.1) is 47.7 Å². The van der Waals surface area contributed by atoms with Gasteiger partial charge in [0.2, 0.25) is 20.0 Å². The summed E-state index contributed by atoms with van der Waals surface area (Å²) in [6.07, 6.45) is -1.45. The van der Waals surface area contributed by atoms with Crippen LogP contribution in [0, 0.1) is 0 Å². The number of hydrogen-bond acceptors (Lipinski definition) is 9. The minimum Gasteiger partial charge on any atom is -0.497 e. The summed E-state index contributed by atoms with van der Waals surface area (Å²) in [7, 11) is -9.08. The van der Waals surface area contributed by atoms with Gasteiger partial charge in [-0.2, -0.15) is 4.31 Å². The first-order valence-corrected chi connectivity index (χ1v) is 14.8. The third kappa shape index (κ3) is 5.87. The Balaban J connectivity index is 1.85. The molecule has 188 valence electrons. The SMILES string of the molecule is COc1ccc(S(=O)(=O)NCCN([C@H]2CS(=O)(=O)C[C@@H]2O)S(=O)(=O)c2ccc(OC)cc2)cc1. The van der Waals surface area contributed by atoms with Crippen molar-refractivity contribution in [3.05, 3.63) is 48.5 Å². The van der Waals surface area contributed by atoms with Crippen LogP contribution >= 0.6 is 0 Å². The first-order chi connectivity index (χ1) is 15.9. The number of sulfone groups is 1. The standard InChI is InChI=1S/C20H26N2O9S3/c1-30-15-3-7-17(8-4-15)33(26,27)21-11-12-22(19-13-32(24,25)14-20(19)23)34(28,29)18-9-5-16(31-2)6-10-18/h3-10,19-21,23H,11-14H2,1-2H3/t19-,20-/m0/s1. The molecule has 11 nitrogen and oxygen atoms in total. The van der Waals surface area contributed by atoms with Crippen molar-refractivity contribution in [1.29, 1.82) is 0 Å². The number of aliphatic hydroxyl groups is 1. The van der Waals surface area contributed by atoms with E-state index in [0.717, 1.165) is 4.31 Å². The van der Waals surface area contributed by atoms with Gasteiger partial charge >= 0.3 is 0 Å². The summed E-state index contributed by atoms with van der Waals surface area (Å²) in [5.41, 5.74) is 0. The molecule has 2 atom stereocenters. The molecule has 3 rings (SSSR count). The van der Waals surface area contributed by atoms with Crippen molar-refractivity contribution in [1.82, 2.24) is 9.03 Å². The van der Waals surface area contributed by atoms with Gasteiger partial charge in [-0.1, -0.05) is 0 Å². The van der Waals surface area contributed by atoms with Gasteiger partial charge in [0, 0.05) is 13.1 Å². The van der Waals surface area contributed by atoms with Crippen LogP contribution in [0.3, 0.4) is 0 Å². The van der Waals surface area contributed by atoms with Crippen LogP contribution in [0.2, 0.25) is 0 Å². The summed E-state index contributed by atoms with van der Waals surface area (Å²) in [5.74, 6) is -0.271. The molecule has 1 aliphatic rings. The molecule has 0 aromatic heterocycles. The van der Waals surface area contributed by atoms with E-state index in [-0.39, 0.29) is 16.3 Å². The normalized spacial score (nSPS) is 20.4. The number of ether oxygens (including phenoxy) is 2. The van der Waals surface area contributed by atoms with E-state index >= 15 is 0 Å². The van der Waals surface area contributed by atoms with Gasteiger partial charge in [-0.05, 0) is 48.5 Å². The molecule has 2 aromatic carbocycles. The second kappa shape index (κ2) is 10.2. The van der Waals surface area contributed by atoms with Crippen LogP contribution in [-0.2, 0) is 29.9 Å². The molecule has 14 heteroatoms. The van der Waals surface area contributed by atoms with Gasteiger partial charge in [-0.3, -0.25) is 0 Å². The van der Waals surface area contributed by atoms with Crippen LogP contribution in [0.1, 0.15) is 0 Å². The molecule has 0 bridgehead atoms. The predicted octanol–water partition coefficient (Wildman–Crippen LogP) is -0.169. The van der Waals surface area contributed by atoms with E-state index in [4.69, 9.17) is 9.47 Å². The minimum atomic E-state index is -4.28. The van der Waals surface area contributed by atoms with Gasteiger partial charge in [-0.15, -0.1) is 0 Å². The van der Waals surface area contributed by atoms with Gasteiger partial charge in [0.15, 0.2) is 9.84 Å². The summed E-state index contributed by atoms with van der Waals surface area (Å²) >= 11 is 0. The lowest BCUT2D eigenvalue weighted by molar-refractivity contribution is 0.128. The maximum absolute atomic E-state index is 13.4. The van der Waals surface area contributed by atoms with Gasteiger partial charge in [-0.25, -0.2) is 30.0 Å². The highest BCUT2D eigenvalue weighted by Gasteiger charge is 2.44. The fraction of sp³-hybridized carbons (Fsp3) is 0.400. The third-order valence-electron chi connectivity index (χ3n) is 5.32. The number of sulfonamides is 2. The molecule has 0 amide bonds. The Bertz CT molecular complexity index is 1310. The quantitative estimate of drug-likeness (QED) is 0.422. The zero-order valence-corrected chi connectivity index (χ0v) is 20.9. The summed E-state index contributed by atoms with van der Waals surface area (Å²) in [6, 6.07) is 9.78. The van der Waals surface area contributed by atoms with Crippen molar-refractivity contribution in [2.75, 3.05) is 38.8 Å². The average Bonchev–Trinajstić information content (AvgIpc) is 3.08. The smallest absolute Gasteiger partial charge is 0.243 e. The van der Waals surface area contributed by atoms with E-state index in [1.54, 1.807) is 0 Å². The monoisotopic (exact) mass is 534 g/mol. The van der Waals surface area contributed by atoms with E-state index in [2.05, 4.69) is 4.72 Å². The van der Waals surface area contributed by atoms with E-state index < -0.39 is 60.1 Å². The highest BCUT2D eigenvalue weighted by Crippen LogP contribution is 2.26. The Morgan fingerprint density at radius 3 is 1.85 bits per heavy atom. The first kappa shape index (κ1) is 26.4. The second-order valence-electron chi connectivity index (χ2n) is 7.58. The number of nitrogens with one attached hydrogen (secondary N) is 1. The average molecular weight is 535 g/mol. The molecule has 1 aliphatic heterocycles. The van der Waals surface area contributed by atoms with Crippen molar-refractivity contribution >= 4 is 29.9 Å². The Hall–Kier alpha value is -2.23. The zero-order valence-electron chi connectivity index (χ0n) is 18.5. The largest absolute Gasteiger partial charge is 0.497 e. The summed E-state index contributed by atoms with van der Waals surface area (Å²) < 4.78 is 89.2. The Morgan fingerprint density at radius 2 is 1.41 bits per heavy atom. The van der Waals surface area contributed by atoms with Crippen molar-refractivity contribution in [3.8, 4) is 11.5 Å². The third-order valence-corrected chi connectivity index (χ3v) is 10.4. The zero-order chi connectivity index (χ0) is 25.1. The Labute approximate surface area is 199 Å². The molecule has 0 unspecified atom stereocenters. The van der Waals surface area contributed by atoms with Crippen molar-refractivity contribution in [2.24, 2.45) is 0 Å². The molecule has 2 N–H and O–H groups in total. The van der Waals surface area contributed by atoms with Crippen molar-refractivity contribution in [2.45, 2.75) is 21.9 Å². The maximum atomic E-state index is 13.4. The number of aliphatic hydroxyl groups excluding tert-OH is 1. The van der Waals surface area contributed by atoms with Gasteiger partial charge < -0.3 is 14.6 Å². The predicted molar refractivity (Wildman–Crippen MR) is 124 cm³/mol. The van der Waals surface area contributed by atoms with Crippen LogP contribution in [0.25, 0.3) is 0 Å². The molecule has 2 aromatic rings. The summed E-state index contributed by atoms with van der Waals surface area (Å²) in [6.45, 7) is -0.756. The molecule has 1 saturated heterocycles. The van der Waals surface area contributed by atoms with E-state index in [0.29, 0.717) is 11.5 Å². The van der Waals surface area contributed by atoms with E-state index in [9.17, 15) is 30.4 Å². The Morgan fingerprint density at radius 1 is 0.912 bits per heavy atom. The highest BCUT2D eigenvalue weighted by molar-refractivity contribution is 7.92. The lowest BCUT2D eigenvalue weighted by atomic mass is 10.2. The number of rotatable bonds is 10.